The third kappa shape index (κ3) is 12.1. The summed E-state index contributed by atoms with van der Waals surface area (Å²) in [5.74, 6) is -2.17. The number of imide groups is 1. The second-order valence-electron chi connectivity index (χ2n) is 3.57. The van der Waals surface area contributed by atoms with Crippen LogP contribution in [0.3, 0.4) is 0 Å². The van der Waals surface area contributed by atoms with Crippen molar-refractivity contribution in [1.29, 1.82) is 0 Å². The Kier molecular flexibility index (Phi) is 8.71. The van der Waals surface area contributed by atoms with Crippen molar-refractivity contribution in [3.63, 3.8) is 0 Å². The van der Waals surface area contributed by atoms with Gasteiger partial charge in [-0.2, -0.15) is 0 Å². The molecule has 0 radical (unpaired) electrons. The van der Waals surface area contributed by atoms with Gasteiger partial charge in [0.2, 0.25) is 11.8 Å². The maximum atomic E-state index is 11.2. The van der Waals surface area contributed by atoms with Gasteiger partial charge in [0.1, 0.15) is 6.61 Å². The van der Waals surface area contributed by atoms with Gasteiger partial charge in [-0.25, -0.2) is 4.79 Å². The predicted molar refractivity (Wildman–Crippen MR) is 63.0 cm³/mol. The number of hydrogen-bond acceptors (Lipinski definition) is 5. The van der Waals surface area contributed by atoms with Crippen LogP contribution < -0.4 is 16.4 Å². The van der Waals surface area contributed by atoms with Crippen LogP contribution in [0.5, 0.6) is 0 Å². The standard InChI is InChI=1S/C10H17N3O6/c11-7(14)6-19-5-4-12-10(18)13-8(15)2-1-3-9(16)17/h1-6H2,(H2,11,14)(H,16,17)(H2,12,13,15,18). The number of ether oxygens (including phenoxy) is 1. The number of nitrogens with two attached hydrogens (primary N) is 1. The molecule has 0 aliphatic rings. The minimum atomic E-state index is -0.996. The summed E-state index contributed by atoms with van der Waals surface area (Å²) in [5.41, 5.74) is 4.82. The maximum absolute atomic E-state index is 11.2. The molecule has 4 amide bonds. The normalized spacial score (nSPS) is 9.68. The Labute approximate surface area is 109 Å². The van der Waals surface area contributed by atoms with Crippen LogP contribution in [-0.4, -0.2) is 48.7 Å². The molecule has 0 rings (SSSR count). The highest BCUT2D eigenvalue weighted by atomic mass is 16.5. The smallest absolute Gasteiger partial charge is 0.321 e. The van der Waals surface area contributed by atoms with Crippen molar-refractivity contribution >= 4 is 23.8 Å². The number of urea groups is 1. The number of carboxylic acid groups (broad SMARTS) is 1. The minimum Gasteiger partial charge on any atom is -0.481 e. The van der Waals surface area contributed by atoms with Gasteiger partial charge in [0, 0.05) is 19.4 Å². The highest BCUT2D eigenvalue weighted by Gasteiger charge is 2.07. The third-order valence-corrected chi connectivity index (χ3v) is 1.82. The number of carbonyl (C=O) groups excluding carboxylic acids is 3. The summed E-state index contributed by atoms with van der Waals surface area (Å²) in [7, 11) is 0. The van der Waals surface area contributed by atoms with Gasteiger partial charge in [0.15, 0.2) is 0 Å². The Morgan fingerprint density at radius 2 is 1.84 bits per heavy atom. The first-order chi connectivity index (χ1) is 8.91. The van der Waals surface area contributed by atoms with Crippen LogP contribution >= 0.6 is 0 Å². The largest absolute Gasteiger partial charge is 0.481 e. The van der Waals surface area contributed by atoms with Crippen LogP contribution in [0, 0.1) is 0 Å². The molecule has 0 fully saturated rings. The quantitative estimate of drug-likeness (QED) is 0.379. The molecule has 108 valence electrons. The van der Waals surface area contributed by atoms with E-state index < -0.39 is 23.8 Å². The lowest BCUT2D eigenvalue weighted by Crippen LogP contribution is -2.40. The molecule has 0 atom stereocenters. The fourth-order valence-corrected chi connectivity index (χ4v) is 1.04. The fraction of sp³-hybridized carbons (Fsp3) is 0.600. The lowest BCUT2D eigenvalue weighted by atomic mass is 10.2. The zero-order valence-corrected chi connectivity index (χ0v) is 10.3. The summed E-state index contributed by atoms with van der Waals surface area (Å²) in [6.07, 6.45) is -0.00986. The lowest BCUT2D eigenvalue weighted by Gasteiger charge is -2.06. The molecule has 0 saturated heterocycles. The lowest BCUT2D eigenvalue weighted by molar-refractivity contribution is -0.137. The first kappa shape index (κ1) is 16.8. The highest BCUT2D eigenvalue weighted by Crippen LogP contribution is 1.94. The number of carboxylic acids is 1. The summed E-state index contributed by atoms with van der Waals surface area (Å²) in [6, 6.07) is -0.706. The van der Waals surface area contributed by atoms with Crippen molar-refractivity contribution in [2.24, 2.45) is 5.73 Å². The van der Waals surface area contributed by atoms with Gasteiger partial charge in [-0.15, -0.1) is 0 Å². The number of rotatable bonds is 9. The minimum absolute atomic E-state index is 0.0438. The molecule has 0 unspecified atom stereocenters. The summed E-state index contributed by atoms with van der Waals surface area (Å²) in [6.45, 7) is -0.0392. The average Bonchev–Trinajstić information content (AvgIpc) is 2.27. The van der Waals surface area contributed by atoms with E-state index in [0.29, 0.717) is 0 Å². The van der Waals surface area contributed by atoms with Crippen molar-refractivity contribution < 1.29 is 29.0 Å². The topological polar surface area (TPSA) is 148 Å². The monoisotopic (exact) mass is 275 g/mol. The molecule has 0 spiro atoms. The number of hydrogen-bond donors (Lipinski definition) is 4. The van der Waals surface area contributed by atoms with Gasteiger partial charge in [-0.05, 0) is 6.42 Å². The molecule has 0 aliphatic carbocycles. The van der Waals surface area contributed by atoms with E-state index in [0.717, 1.165) is 0 Å². The van der Waals surface area contributed by atoms with Crippen LogP contribution in [0.25, 0.3) is 0 Å². The van der Waals surface area contributed by atoms with Gasteiger partial charge in [-0.1, -0.05) is 0 Å². The van der Waals surface area contributed by atoms with E-state index in [1.807, 2.05) is 5.32 Å². The molecule has 19 heavy (non-hydrogen) atoms. The summed E-state index contributed by atoms with van der Waals surface area (Å²) >= 11 is 0. The van der Waals surface area contributed by atoms with E-state index in [1.165, 1.54) is 0 Å². The molecule has 9 heteroatoms. The zero-order valence-electron chi connectivity index (χ0n) is 10.3. The number of amides is 4. The molecular formula is C10H17N3O6. The molecule has 0 aromatic carbocycles. The van der Waals surface area contributed by atoms with Gasteiger partial charge in [0.25, 0.3) is 0 Å². The van der Waals surface area contributed by atoms with Gasteiger partial charge in [0.05, 0.1) is 6.61 Å². The van der Waals surface area contributed by atoms with E-state index in [2.05, 4.69) is 5.32 Å². The van der Waals surface area contributed by atoms with Crippen LogP contribution in [0.4, 0.5) is 4.79 Å². The van der Waals surface area contributed by atoms with E-state index in [9.17, 15) is 19.2 Å². The van der Waals surface area contributed by atoms with E-state index in [-0.39, 0.29) is 39.0 Å². The molecule has 5 N–H and O–H groups in total. The molecule has 0 saturated carbocycles. The Balaban J connectivity index is 3.54. The molecular weight excluding hydrogens is 258 g/mol. The van der Waals surface area contributed by atoms with E-state index in [1.54, 1.807) is 0 Å². The van der Waals surface area contributed by atoms with E-state index >= 15 is 0 Å². The number of carbonyl (C=O) groups is 4. The van der Waals surface area contributed by atoms with Crippen molar-refractivity contribution in [2.45, 2.75) is 19.3 Å². The number of aliphatic carboxylic acids is 1. The summed E-state index contributed by atoms with van der Waals surface area (Å²) < 4.78 is 4.77. The van der Waals surface area contributed by atoms with Crippen LogP contribution in [0.1, 0.15) is 19.3 Å². The van der Waals surface area contributed by atoms with Crippen molar-refractivity contribution in [3.8, 4) is 0 Å². The summed E-state index contributed by atoms with van der Waals surface area (Å²) in [4.78, 5) is 42.8. The molecule has 0 aromatic heterocycles. The number of nitrogens with one attached hydrogen (secondary N) is 2. The van der Waals surface area contributed by atoms with Crippen LogP contribution in [0.2, 0.25) is 0 Å². The van der Waals surface area contributed by atoms with Gasteiger partial charge >= 0.3 is 12.0 Å². The van der Waals surface area contributed by atoms with Gasteiger partial charge < -0.3 is 20.9 Å². The van der Waals surface area contributed by atoms with Gasteiger partial charge in [-0.3, -0.25) is 19.7 Å². The first-order valence-corrected chi connectivity index (χ1v) is 5.57. The second kappa shape index (κ2) is 9.83. The van der Waals surface area contributed by atoms with Crippen molar-refractivity contribution in [3.05, 3.63) is 0 Å². The second-order valence-corrected chi connectivity index (χ2v) is 3.57. The van der Waals surface area contributed by atoms with Crippen LogP contribution in [-0.2, 0) is 19.1 Å². The van der Waals surface area contributed by atoms with Crippen molar-refractivity contribution in [2.75, 3.05) is 19.8 Å². The fourth-order valence-electron chi connectivity index (χ4n) is 1.04. The van der Waals surface area contributed by atoms with E-state index in [4.69, 9.17) is 15.6 Å². The molecule has 0 aromatic rings. The molecule has 0 aliphatic heterocycles. The Morgan fingerprint density at radius 1 is 1.16 bits per heavy atom. The predicted octanol–water partition coefficient (Wildman–Crippen LogP) is -1.43. The zero-order chi connectivity index (χ0) is 14.7. The number of primary amides is 1. The maximum Gasteiger partial charge on any atom is 0.321 e. The summed E-state index contributed by atoms with van der Waals surface area (Å²) in [5, 5.41) is 12.7. The SMILES string of the molecule is NC(=O)COCCNC(=O)NC(=O)CCCC(=O)O. The highest BCUT2D eigenvalue weighted by molar-refractivity contribution is 5.94. The molecule has 0 bridgehead atoms. The molecule has 9 nitrogen and oxygen atoms in total. The van der Waals surface area contributed by atoms with Crippen LogP contribution in [0.15, 0.2) is 0 Å². The van der Waals surface area contributed by atoms with Crippen molar-refractivity contribution in [1.82, 2.24) is 10.6 Å². The molecule has 0 heterocycles. The average molecular weight is 275 g/mol. The Bertz CT molecular complexity index is 344. The first-order valence-electron chi connectivity index (χ1n) is 5.57. The Hall–Kier alpha value is -2.16. The third-order valence-electron chi connectivity index (χ3n) is 1.82. The Morgan fingerprint density at radius 3 is 2.42 bits per heavy atom.